The van der Waals surface area contributed by atoms with Crippen LogP contribution in [0, 0.1) is 11.8 Å². The summed E-state index contributed by atoms with van der Waals surface area (Å²) in [5.41, 5.74) is 0. The molecular formula is C11H23NS. The van der Waals surface area contributed by atoms with E-state index in [0.717, 1.165) is 18.4 Å². The number of hydrogen-bond acceptors (Lipinski definition) is 2. The molecule has 1 saturated carbocycles. The van der Waals surface area contributed by atoms with E-state index in [-0.39, 0.29) is 0 Å². The molecule has 0 aromatic heterocycles. The summed E-state index contributed by atoms with van der Waals surface area (Å²) in [4.78, 5) is 0. The van der Waals surface area contributed by atoms with E-state index >= 15 is 0 Å². The van der Waals surface area contributed by atoms with Gasteiger partial charge in [0.05, 0.1) is 0 Å². The Morgan fingerprint density at radius 1 is 1.31 bits per heavy atom. The molecule has 78 valence electrons. The zero-order valence-electron chi connectivity index (χ0n) is 9.01. The highest BCUT2D eigenvalue weighted by Crippen LogP contribution is 2.37. The predicted molar refractivity (Wildman–Crippen MR) is 62.4 cm³/mol. The van der Waals surface area contributed by atoms with E-state index in [9.17, 15) is 0 Å². The predicted octanol–water partition coefficient (Wildman–Crippen LogP) is 2.77. The quantitative estimate of drug-likeness (QED) is 0.636. The Labute approximate surface area is 87.1 Å². The Morgan fingerprint density at radius 3 is 2.62 bits per heavy atom. The van der Waals surface area contributed by atoms with E-state index in [1.165, 1.54) is 38.0 Å². The van der Waals surface area contributed by atoms with Crippen molar-refractivity contribution in [1.29, 1.82) is 0 Å². The van der Waals surface area contributed by atoms with E-state index in [0.29, 0.717) is 0 Å². The number of hydrogen-bond donors (Lipinski definition) is 1. The Kier molecular flexibility index (Phi) is 5.88. The van der Waals surface area contributed by atoms with Crippen LogP contribution in [0.15, 0.2) is 0 Å². The fourth-order valence-electron chi connectivity index (χ4n) is 2.11. The molecular weight excluding hydrogens is 178 g/mol. The van der Waals surface area contributed by atoms with Crippen LogP contribution in [0.4, 0.5) is 0 Å². The van der Waals surface area contributed by atoms with Crippen LogP contribution < -0.4 is 5.32 Å². The van der Waals surface area contributed by atoms with Gasteiger partial charge in [-0.3, -0.25) is 0 Å². The van der Waals surface area contributed by atoms with Crippen LogP contribution in [-0.2, 0) is 0 Å². The second-order valence-corrected chi connectivity index (χ2v) is 5.03. The third-order valence-corrected chi connectivity index (χ3v) is 3.85. The Balaban J connectivity index is 1.99. The molecule has 0 spiro atoms. The summed E-state index contributed by atoms with van der Waals surface area (Å²) in [5.74, 6) is 3.40. The minimum atomic E-state index is 1.00. The first-order valence-electron chi connectivity index (χ1n) is 5.58. The Bertz CT molecular complexity index is 127. The topological polar surface area (TPSA) is 12.0 Å². The fraction of sp³-hybridized carbons (Fsp3) is 1.00. The molecule has 0 radical (unpaired) electrons. The van der Waals surface area contributed by atoms with Gasteiger partial charge in [0.25, 0.3) is 0 Å². The number of thioether (sulfide) groups is 1. The smallest absolute Gasteiger partial charge is 0.00180 e. The minimum Gasteiger partial charge on any atom is -0.317 e. The van der Waals surface area contributed by atoms with Crippen molar-refractivity contribution in [3.05, 3.63) is 0 Å². The van der Waals surface area contributed by atoms with Crippen molar-refractivity contribution in [1.82, 2.24) is 5.32 Å². The van der Waals surface area contributed by atoms with Crippen LogP contribution in [0.25, 0.3) is 0 Å². The van der Waals surface area contributed by atoms with Gasteiger partial charge in [0.15, 0.2) is 0 Å². The molecule has 1 aliphatic carbocycles. The van der Waals surface area contributed by atoms with Gasteiger partial charge in [-0.15, -0.1) is 0 Å². The average Bonchev–Trinajstić information content (AvgIpc) is 2.11. The lowest BCUT2D eigenvalue weighted by molar-refractivity contribution is 0.160. The molecule has 1 nitrogen and oxygen atoms in total. The minimum absolute atomic E-state index is 1.00. The number of rotatable bonds is 7. The van der Waals surface area contributed by atoms with Crippen molar-refractivity contribution < 1.29 is 0 Å². The molecule has 0 aromatic rings. The molecule has 0 aromatic carbocycles. The van der Waals surface area contributed by atoms with Gasteiger partial charge >= 0.3 is 0 Å². The summed E-state index contributed by atoms with van der Waals surface area (Å²) in [7, 11) is 0. The second-order valence-electron chi connectivity index (χ2n) is 4.04. The summed E-state index contributed by atoms with van der Waals surface area (Å²) in [6.07, 6.45) is 8.06. The van der Waals surface area contributed by atoms with Gasteiger partial charge in [0, 0.05) is 0 Å². The molecule has 2 heteroatoms. The van der Waals surface area contributed by atoms with Crippen molar-refractivity contribution in [3.8, 4) is 0 Å². The Hall–Kier alpha value is 0.310. The second kappa shape index (κ2) is 6.72. The Morgan fingerprint density at radius 2 is 2.08 bits per heavy atom. The maximum atomic E-state index is 3.47. The third kappa shape index (κ3) is 3.90. The van der Waals surface area contributed by atoms with Gasteiger partial charge in [-0.2, -0.15) is 11.8 Å². The van der Waals surface area contributed by atoms with Crippen molar-refractivity contribution >= 4 is 11.8 Å². The van der Waals surface area contributed by atoms with Crippen LogP contribution in [0.5, 0.6) is 0 Å². The maximum absolute atomic E-state index is 3.47. The highest BCUT2D eigenvalue weighted by atomic mass is 32.2. The molecule has 1 N–H and O–H groups in total. The molecule has 0 amide bonds. The third-order valence-electron chi connectivity index (χ3n) is 3.15. The van der Waals surface area contributed by atoms with Gasteiger partial charge in [0.2, 0.25) is 0 Å². The number of nitrogens with one attached hydrogen (secondary N) is 1. The van der Waals surface area contributed by atoms with Gasteiger partial charge < -0.3 is 5.32 Å². The first-order chi connectivity index (χ1) is 6.38. The van der Waals surface area contributed by atoms with Crippen molar-refractivity contribution in [3.63, 3.8) is 0 Å². The van der Waals surface area contributed by atoms with E-state index < -0.39 is 0 Å². The van der Waals surface area contributed by atoms with Crippen LogP contribution in [0.3, 0.4) is 0 Å². The highest BCUT2D eigenvalue weighted by Gasteiger charge is 2.29. The molecule has 0 aliphatic heterocycles. The zero-order chi connectivity index (χ0) is 9.52. The SMILES string of the molecule is CCNCC1CCC1CCCSC. The van der Waals surface area contributed by atoms with Gasteiger partial charge in [-0.05, 0) is 62.6 Å². The molecule has 0 bridgehead atoms. The van der Waals surface area contributed by atoms with Crippen molar-refractivity contribution in [2.24, 2.45) is 11.8 Å². The van der Waals surface area contributed by atoms with Crippen LogP contribution in [0.1, 0.15) is 32.6 Å². The van der Waals surface area contributed by atoms with Crippen LogP contribution in [0.2, 0.25) is 0 Å². The monoisotopic (exact) mass is 201 g/mol. The summed E-state index contributed by atoms with van der Waals surface area (Å²) < 4.78 is 0. The molecule has 0 saturated heterocycles. The molecule has 13 heavy (non-hydrogen) atoms. The van der Waals surface area contributed by atoms with Gasteiger partial charge in [-0.25, -0.2) is 0 Å². The normalized spacial score (nSPS) is 27.2. The summed E-state index contributed by atoms with van der Waals surface area (Å²) in [6, 6.07) is 0. The first-order valence-corrected chi connectivity index (χ1v) is 6.97. The lowest BCUT2D eigenvalue weighted by Crippen LogP contribution is -2.35. The molecule has 1 rings (SSSR count). The fourth-order valence-corrected chi connectivity index (χ4v) is 2.56. The van der Waals surface area contributed by atoms with Crippen LogP contribution in [-0.4, -0.2) is 25.1 Å². The van der Waals surface area contributed by atoms with Crippen molar-refractivity contribution in [2.45, 2.75) is 32.6 Å². The molecule has 2 atom stereocenters. The molecule has 1 aliphatic rings. The lowest BCUT2D eigenvalue weighted by atomic mass is 9.71. The van der Waals surface area contributed by atoms with E-state index in [1.807, 2.05) is 11.8 Å². The summed E-state index contributed by atoms with van der Waals surface area (Å²) in [6.45, 7) is 4.59. The summed E-state index contributed by atoms with van der Waals surface area (Å²) in [5, 5.41) is 3.47. The standard InChI is InChI=1S/C11H23NS/c1-3-12-9-11-7-6-10(11)5-4-8-13-2/h10-12H,3-9H2,1-2H3. The largest absolute Gasteiger partial charge is 0.317 e. The highest BCUT2D eigenvalue weighted by molar-refractivity contribution is 7.98. The van der Waals surface area contributed by atoms with E-state index in [2.05, 4.69) is 18.5 Å². The lowest BCUT2D eigenvalue weighted by Gasteiger charge is -2.37. The van der Waals surface area contributed by atoms with E-state index in [1.54, 1.807) is 0 Å². The van der Waals surface area contributed by atoms with Gasteiger partial charge in [-0.1, -0.05) is 6.92 Å². The zero-order valence-corrected chi connectivity index (χ0v) is 9.83. The molecule has 0 heterocycles. The summed E-state index contributed by atoms with van der Waals surface area (Å²) >= 11 is 1.98. The molecule has 1 fully saturated rings. The van der Waals surface area contributed by atoms with Crippen LogP contribution >= 0.6 is 11.8 Å². The first kappa shape index (κ1) is 11.4. The van der Waals surface area contributed by atoms with E-state index in [4.69, 9.17) is 0 Å². The average molecular weight is 201 g/mol. The van der Waals surface area contributed by atoms with Gasteiger partial charge in [0.1, 0.15) is 0 Å². The van der Waals surface area contributed by atoms with Crippen molar-refractivity contribution in [2.75, 3.05) is 25.1 Å². The molecule has 2 unspecified atom stereocenters. The maximum Gasteiger partial charge on any atom is -0.00180 e.